The summed E-state index contributed by atoms with van der Waals surface area (Å²) < 4.78 is 10.7. The molecule has 0 bridgehead atoms. The number of hydrogen-bond donors (Lipinski definition) is 1. The highest BCUT2D eigenvalue weighted by Gasteiger charge is 2.38. The Morgan fingerprint density at radius 1 is 1.38 bits per heavy atom. The smallest absolute Gasteiger partial charge is 0.320 e. The largest absolute Gasteiger partial charge is 0.480 e. The summed E-state index contributed by atoms with van der Waals surface area (Å²) in [7, 11) is 0. The van der Waals surface area contributed by atoms with Crippen LogP contribution in [0.1, 0.15) is 18.4 Å². The van der Waals surface area contributed by atoms with Crippen molar-refractivity contribution in [2.45, 2.75) is 31.3 Å². The summed E-state index contributed by atoms with van der Waals surface area (Å²) in [5.41, 5.74) is 1.16. The molecule has 2 atom stereocenters. The van der Waals surface area contributed by atoms with E-state index < -0.39 is 12.0 Å². The van der Waals surface area contributed by atoms with E-state index in [0.29, 0.717) is 6.42 Å². The molecule has 2 unspecified atom stereocenters. The van der Waals surface area contributed by atoms with Gasteiger partial charge in [0, 0.05) is 0 Å². The minimum Gasteiger partial charge on any atom is -0.480 e. The van der Waals surface area contributed by atoms with Gasteiger partial charge in [0.15, 0.2) is 5.76 Å². The number of benzene rings is 1. The first-order chi connectivity index (χ1) is 10.3. The minimum atomic E-state index is -0.759. The molecule has 2 aliphatic rings. The zero-order valence-corrected chi connectivity index (χ0v) is 11.8. The van der Waals surface area contributed by atoms with Crippen molar-refractivity contribution in [1.29, 1.82) is 0 Å². The van der Waals surface area contributed by atoms with Gasteiger partial charge >= 0.3 is 5.97 Å². The van der Waals surface area contributed by atoms with Crippen LogP contribution in [0.3, 0.4) is 0 Å². The summed E-state index contributed by atoms with van der Waals surface area (Å²) in [6, 6.07) is 9.53. The van der Waals surface area contributed by atoms with Crippen LogP contribution in [0, 0.1) is 0 Å². The predicted molar refractivity (Wildman–Crippen MR) is 76.4 cm³/mol. The molecule has 5 heteroatoms. The molecule has 3 rings (SSSR count). The molecule has 5 nitrogen and oxygen atoms in total. The zero-order valence-electron chi connectivity index (χ0n) is 11.8. The van der Waals surface area contributed by atoms with E-state index in [1.807, 2.05) is 23.1 Å². The number of carboxylic acid groups (broad SMARTS) is 1. The van der Waals surface area contributed by atoms with E-state index in [1.54, 1.807) is 6.26 Å². The Morgan fingerprint density at radius 2 is 2.19 bits per heavy atom. The topological polar surface area (TPSA) is 59.0 Å². The predicted octanol–water partition coefficient (Wildman–Crippen LogP) is 1.99. The van der Waals surface area contributed by atoms with E-state index >= 15 is 0 Å². The second-order valence-electron chi connectivity index (χ2n) is 5.39. The van der Waals surface area contributed by atoms with Gasteiger partial charge < -0.3 is 14.6 Å². The Hall–Kier alpha value is -2.01. The monoisotopic (exact) mass is 289 g/mol. The third kappa shape index (κ3) is 3.03. The van der Waals surface area contributed by atoms with Gasteiger partial charge in [0.05, 0.1) is 6.04 Å². The summed E-state index contributed by atoms with van der Waals surface area (Å²) in [6.45, 7) is 0.987. The quantitative estimate of drug-likeness (QED) is 0.898. The first-order valence-electron chi connectivity index (χ1n) is 7.22. The Kier molecular flexibility index (Phi) is 4.10. The van der Waals surface area contributed by atoms with Crippen LogP contribution in [-0.4, -0.2) is 41.4 Å². The van der Waals surface area contributed by atoms with Crippen molar-refractivity contribution in [3.8, 4) is 0 Å². The first kappa shape index (κ1) is 13.9. The highest BCUT2D eigenvalue weighted by atomic mass is 16.7. The van der Waals surface area contributed by atoms with Gasteiger partial charge in [0.25, 0.3) is 0 Å². The average Bonchev–Trinajstić information content (AvgIpc) is 3.17. The van der Waals surface area contributed by atoms with Gasteiger partial charge in [-0.05, 0) is 31.4 Å². The van der Waals surface area contributed by atoms with Crippen molar-refractivity contribution in [3.63, 3.8) is 0 Å². The number of aliphatic carboxylic acids is 1. The van der Waals surface area contributed by atoms with E-state index in [-0.39, 0.29) is 12.8 Å². The maximum absolute atomic E-state index is 11.5. The number of hydrogen-bond acceptors (Lipinski definition) is 4. The van der Waals surface area contributed by atoms with Crippen LogP contribution >= 0.6 is 0 Å². The molecule has 0 radical (unpaired) electrons. The van der Waals surface area contributed by atoms with Crippen molar-refractivity contribution >= 4 is 5.97 Å². The maximum atomic E-state index is 11.5. The lowest BCUT2D eigenvalue weighted by Crippen LogP contribution is -2.45. The van der Waals surface area contributed by atoms with Crippen LogP contribution in [0.5, 0.6) is 0 Å². The SMILES string of the molecule is O=C(O)C1CCCN1C(Cc1ccccc1)C1=COCO1. The van der Waals surface area contributed by atoms with Crippen LogP contribution in [0.2, 0.25) is 0 Å². The van der Waals surface area contributed by atoms with Crippen LogP contribution in [-0.2, 0) is 20.7 Å². The number of carboxylic acids is 1. The molecule has 0 amide bonds. The average molecular weight is 289 g/mol. The molecular weight excluding hydrogens is 270 g/mol. The Bertz CT molecular complexity index is 528. The molecule has 2 heterocycles. The maximum Gasteiger partial charge on any atom is 0.320 e. The second kappa shape index (κ2) is 6.18. The van der Waals surface area contributed by atoms with Crippen LogP contribution in [0.25, 0.3) is 0 Å². The number of likely N-dealkylation sites (tertiary alicyclic amines) is 1. The normalized spacial score (nSPS) is 23.2. The van der Waals surface area contributed by atoms with Gasteiger partial charge in [0.2, 0.25) is 6.79 Å². The highest BCUT2D eigenvalue weighted by molar-refractivity contribution is 5.74. The van der Waals surface area contributed by atoms with Gasteiger partial charge in [-0.3, -0.25) is 9.69 Å². The fourth-order valence-corrected chi connectivity index (χ4v) is 3.07. The molecular formula is C16H19NO4. The molecule has 1 saturated heterocycles. The molecule has 1 N–H and O–H groups in total. The molecule has 0 spiro atoms. The third-order valence-electron chi connectivity index (χ3n) is 4.07. The van der Waals surface area contributed by atoms with Crippen molar-refractivity contribution in [2.75, 3.05) is 13.3 Å². The van der Waals surface area contributed by atoms with Crippen LogP contribution in [0.4, 0.5) is 0 Å². The summed E-state index contributed by atoms with van der Waals surface area (Å²) in [4.78, 5) is 13.5. The summed E-state index contributed by atoms with van der Waals surface area (Å²) in [6.07, 6.45) is 3.93. The number of nitrogens with zero attached hydrogens (tertiary/aromatic N) is 1. The number of carbonyl (C=O) groups is 1. The molecule has 1 aromatic rings. The first-order valence-corrected chi connectivity index (χ1v) is 7.22. The van der Waals surface area contributed by atoms with Crippen molar-refractivity contribution < 1.29 is 19.4 Å². The fourth-order valence-electron chi connectivity index (χ4n) is 3.07. The Balaban J connectivity index is 1.84. The lowest BCUT2D eigenvalue weighted by Gasteiger charge is -2.30. The molecule has 2 aliphatic heterocycles. The number of rotatable bonds is 5. The fraction of sp³-hybridized carbons (Fsp3) is 0.438. The van der Waals surface area contributed by atoms with E-state index in [0.717, 1.165) is 30.7 Å². The Labute approximate surface area is 123 Å². The lowest BCUT2D eigenvalue weighted by molar-refractivity contribution is -0.142. The molecule has 0 aromatic heterocycles. The molecule has 0 saturated carbocycles. The van der Waals surface area contributed by atoms with E-state index in [9.17, 15) is 9.90 Å². The summed E-state index contributed by atoms with van der Waals surface area (Å²) >= 11 is 0. The van der Waals surface area contributed by atoms with Crippen LogP contribution < -0.4 is 0 Å². The van der Waals surface area contributed by atoms with Crippen molar-refractivity contribution in [1.82, 2.24) is 4.90 Å². The van der Waals surface area contributed by atoms with Crippen LogP contribution in [0.15, 0.2) is 42.4 Å². The van der Waals surface area contributed by atoms with Gasteiger partial charge in [0.1, 0.15) is 12.3 Å². The molecule has 0 aliphatic carbocycles. The third-order valence-corrected chi connectivity index (χ3v) is 4.07. The van der Waals surface area contributed by atoms with Gasteiger partial charge in [-0.25, -0.2) is 0 Å². The molecule has 112 valence electrons. The van der Waals surface area contributed by atoms with Gasteiger partial charge in [-0.1, -0.05) is 30.3 Å². The summed E-state index contributed by atoms with van der Waals surface area (Å²) in [5.74, 6) is -0.0305. The standard InChI is InChI=1S/C16H19NO4/c18-16(19)13-7-4-8-17(13)14(15-10-20-11-21-15)9-12-5-2-1-3-6-12/h1-3,5-6,10,13-14H,4,7-9,11H2,(H,18,19). The Morgan fingerprint density at radius 3 is 2.86 bits per heavy atom. The molecule has 21 heavy (non-hydrogen) atoms. The number of ether oxygens (including phenoxy) is 2. The highest BCUT2D eigenvalue weighted by Crippen LogP contribution is 2.28. The second-order valence-corrected chi connectivity index (χ2v) is 5.39. The molecule has 1 aromatic carbocycles. The van der Waals surface area contributed by atoms with E-state index in [4.69, 9.17) is 9.47 Å². The lowest BCUT2D eigenvalue weighted by atomic mass is 10.0. The van der Waals surface area contributed by atoms with E-state index in [2.05, 4.69) is 12.1 Å². The van der Waals surface area contributed by atoms with Crippen molar-refractivity contribution in [3.05, 3.63) is 47.9 Å². The van der Waals surface area contributed by atoms with Crippen molar-refractivity contribution in [2.24, 2.45) is 0 Å². The molecule has 1 fully saturated rings. The van der Waals surface area contributed by atoms with E-state index in [1.165, 1.54) is 0 Å². The minimum absolute atomic E-state index is 0.0847. The van der Waals surface area contributed by atoms with Gasteiger partial charge in [-0.2, -0.15) is 0 Å². The van der Waals surface area contributed by atoms with Gasteiger partial charge in [-0.15, -0.1) is 0 Å². The summed E-state index contributed by atoms with van der Waals surface area (Å²) in [5, 5.41) is 9.41. The zero-order chi connectivity index (χ0) is 14.7.